The number of aryl methyl sites for hydroxylation is 1. The molecule has 1 amide bonds. The van der Waals surface area contributed by atoms with Crippen molar-refractivity contribution in [3.63, 3.8) is 0 Å². The number of benzene rings is 1. The van der Waals surface area contributed by atoms with Gasteiger partial charge in [-0.15, -0.1) is 0 Å². The molecule has 1 aromatic rings. The second kappa shape index (κ2) is 2.99. The molecule has 0 spiro atoms. The van der Waals surface area contributed by atoms with Crippen molar-refractivity contribution in [2.24, 2.45) is 0 Å². The molecule has 1 heterocycles. The summed E-state index contributed by atoms with van der Waals surface area (Å²) in [5.41, 5.74) is 2.71. The van der Waals surface area contributed by atoms with E-state index in [9.17, 15) is 4.79 Å². The van der Waals surface area contributed by atoms with E-state index in [0.717, 1.165) is 11.4 Å². The third-order valence-corrected chi connectivity index (χ3v) is 3.22. The van der Waals surface area contributed by atoms with Gasteiger partial charge < -0.3 is 10.2 Å². The molecule has 3 heteroatoms. The van der Waals surface area contributed by atoms with E-state index in [1.165, 1.54) is 5.56 Å². The fourth-order valence-corrected chi connectivity index (χ4v) is 1.91. The molecule has 1 aromatic carbocycles. The number of likely N-dealkylation sites (N-methyl/N-ethyl adjacent to an activating group) is 1. The lowest BCUT2D eigenvalue weighted by molar-refractivity contribution is -0.120. The summed E-state index contributed by atoms with van der Waals surface area (Å²) in [6.45, 7) is 5.91. The number of nitrogens with one attached hydrogen (secondary N) is 1. The number of fused-ring (bicyclic) bond motifs is 1. The molecule has 0 aromatic heterocycles. The van der Waals surface area contributed by atoms with Crippen LogP contribution in [0.4, 0.5) is 11.4 Å². The lowest BCUT2D eigenvalue weighted by Crippen LogP contribution is -2.54. The largest absolute Gasteiger partial charge is 0.359 e. The predicted molar refractivity (Wildman–Crippen MR) is 62.3 cm³/mol. The number of anilines is 2. The van der Waals surface area contributed by atoms with Crippen LogP contribution >= 0.6 is 0 Å². The van der Waals surface area contributed by atoms with Crippen molar-refractivity contribution in [3.05, 3.63) is 23.8 Å². The highest BCUT2D eigenvalue weighted by atomic mass is 16.2. The van der Waals surface area contributed by atoms with Gasteiger partial charge in [-0.25, -0.2) is 0 Å². The highest BCUT2D eigenvalue weighted by molar-refractivity contribution is 6.06. The first-order valence-electron chi connectivity index (χ1n) is 5.09. The lowest BCUT2D eigenvalue weighted by atomic mass is 9.96. The van der Waals surface area contributed by atoms with E-state index in [1.54, 1.807) is 0 Å². The van der Waals surface area contributed by atoms with Crippen LogP contribution in [0.3, 0.4) is 0 Å². The monoisotopic (exact) mass is 204 g/mol. The van der Waals surface area contributed by atoms with Crippen LogP contribution in [0.25, 0.3) is 0 Å². The van der Waals surface area contributed by atoms with Crippen molar-refractivity contribution in [2.45, 2.75) is 26.3 Å². The molecule has 0 bridgehead atoms. The SMILES string of the molecule is Cc1cccc2c1N(C)C(C)(C)C(=O)N2. The minimum Gasteiger partial charge on any atom is -0.359 e. The predicted octanol–water partition coefficient (Wildman–Crippen LogP) is 2.16. The number of hydrogen-bond acceptors (Lipinski definition) is 2. The Labute approximate surface area is 90.1 Å². The molecule has 0 unspecified atom stereocenters. The maximum Gasteiger partial charge on any atom is 0.249 e. The summed E-state index contributed by atoms with van der Waals surface area (Å²) in [7, 11) is 1.96. The summed E-state index contributed by atoms with van der Waals surface area (Å²) >= 11 is 0. The second-order valence-corrected chi connectivity index (χ2v) is 4.54. The van der Waals surface area contributed by atoms with Gasteiger partial charge in [0, 0.05) is 7.05 Å². The van der Waals surface area contributed by atoms with Crippen molar-refractivity contribution in [1.82, 2.24) is 0 Å². The number of rotatable bonds is 0. The van der Waals surface area contributed by atoms with Gasteiger partial charge in [-0.3, -0.25) is 4.79 Å². The van der Waals surface area contributed by atoms with Gasteiger partial charge in [0.1, 0.15) is 5.54 Å². The fourth-order valence-electron chi connectivity index (χ4n) is 1.91. The van der Waals surface area contributed by atoms with Gasteiger partial charge in [-0.1, -0.05) is 12.1 Å². The summed E-state index contributed by atoms with van der Waals surface area (Å²) < 4.78 is 0. The smallest absolute Gasteiger partial charge is 0.249 e. The zero-order valence-corrected chi connectivity index (χ0v) is 9.59. The van der Waals surface area contributed by atoms with E-state index in [1.807, 2.05) is 37.9 Å². The van der Waals surface area contributed by atoms with Crippen LogP contribution in [0.5, 0.6) is 0 Å². The van der Waals surface area contributed by atoms with Gasteiger partial charge in [0.2, 0.25) is 5.91 Å². The van der Waals surface area contributed by atoms with Crippen LogP contribution in [0, 0.1) is 6.92 Å². The highest BCUT2D eigenvalue weighted by Crippen LogP contribution is 2.37. The Morgan fingerprint density at radius 2 is 2.00 bits per heavy atom. The molecular weight excluding hydrogens is 188 g/mol. The normalized spacial score (nSPS) is 18.4. The zero-order chi connectivity index (χ0) is 11.2. The summed E-state index contributed by atoms with van der Waals surface area (Å²) in [5.74, 6) is 0.0445. The van der Waals surface area contributed by atoms with Crippen LogP contribution < -0.4 is 10.2 Å². The quantitative estimate of drug-likeness (QED) is 0.702. The first-order chi connectivity index (χ1) is 6.94. The van der Waals surface area contributed by atoms with Gasteiger partial charge in [-0.05, 0) is 32.4 Å². The number of carbonyl (C=O) groups excluding carboxylic acids is 1. The van der Waals surface area contributed by atoms with Gasteiger partial charge >= 0.3 is 0 Å². The van der Waals surface area contributed by atoms with Crippen molar-refractivity contribution < 1.29 is 4.79 Å². The van der Waals surface area contributed by atoms with E-state index in [0.29, 0.717) is 0 Å². The molecule has 0 fully saturated rings. The molecule has 0 saturated heterocycles. The Morgan fingerprint density at radius 1 is 1.33 bits per heavy atom. The molecule has 15 heavy (non-hydrogen) atoms. The van der Waals surface area contributed by atoms with Crippen LogP contribution in [0.1, 0.15) is 19.4 Å². The van der Waals surface area contributed by atoms with E-state index >= 15 is 0 Å². The van der Waals surface area contributed by atoms with E-state index in [2.05, 4.69) is 18.3 Å². The van der Waals surface area contributed by atoms with Gasteiger partial charge in [0.05, 0.1) is 11.4 Å². The average molecular weight is 204 g/mol. The number of nitrogens with zero attached hydrogens (tertiary/aromatic N) is 1. The van der Waals surface area contributed by atoms with E-state index in [4.69, 9.17) is 0 Å². The molecule has 1 aliphatic rings. The van der Waals surface area contributed by atoms with Crippen LogP contribution in [-0.2, 0) is 4.79 Å². The van der Waals surface area contributed by atoms with Gasteiger partial charge in [0.25, 0.3) is 0 Å². The van der Waals surface area contributed by atoms with Gasteiger partial charge in [0.15, 0.2) is 0 Å². The molecule has 80 valence electrons. The van der Waals surface area contributed by atoms with Crippen LogP contribution in [0.15, 0.2) is 18.2 Å². The highest BCUT2D eigenvalue weighted by Gasteiger charge is 2.38. The first-order valence-corrected chi connectivity index (χ1v) is 5.09. The summed E-state index contributed by atoms with van der Waals surface area (Å²) in [4.78, 5) is 13.9. The number of para-hydroxylation sites is 1. The second-order valence-electron chi connectivity index (χ2n) is 4.54. The van der Waals surface area contributed by atoms with Gasteiger partial charge in [-0.2, -0.15) is 0 Å². The van der Waals surface area contributed by atoms with Crippen LogP contribution in [0.2, 0.25) is 0 Å². The Morgan fingerprint density at radius 3 is 2.67 bits per heavy atom. The van der Waals surface area contributed by atoms with Crippen molar-refractivity contribution in [3.8, 4) is 0 Å². The Kier molecular flexibility index (Phi) is 2.00. The number of amides is 1. The van der Waals surface area contributed by atoms with Crippen molar-refractivity contribution in [2.75, 3.05) is 17.3 Å². The number of hydrogen-bond donors (Lipinski definition) is 1. The summed E-state index contributed by atoms with van der Waals surface area (Å²) in [6, 6.07) is 5.95. The molecule has 1 N–H and O–H groups in total. The maximum absolute atomic E-state index is 11.8. The van der Waals surface area contributed by atoms with Crippen LogP contribution in [-0.4, -0.2) is 18.5 Å². The lowest BCUT2D eigenvalue weighted by Gasteiger charge is -2.42. The first kappa shape index (κ1) is 10.0. The topological polar surface area (TPSA) is 32.3 Å². The minimum absolute atomic E-state index is 0.0445. The average Bonchev–Trinajstić information content (AvgIpc) is 2.15. The standard InChI is InChI=1S/C12H16N2O/c1-8-6-5-7-9-10(8)14(4)12(2,3)11(15)13-9/h5-7H,1-4H3,(H,13,15). The van der Waals surface area contributed by atoms with Crippen molar-refractivity contribution >= 4 is 17.3 Å². The molecule has 0 radical (unpaired) electrons. The molecule has 3 nitrogen and oxygen atoms in total. The summed E-state index contributed by atoms with van der Waals surface area (Å²) in [6.07, 6.45) is 0. The minimum atomic E-state index is -0.487. The number of carbonyl (C=O) groups is 1. The maximum atomic E-state index is 11.8. The molecule has 0 saturated carbocycles. The third kappa shape index (κ3) is 1.30. The van der Waals surface area contributed by atoms with E-state index < -0.39 is 5.54 Å². The third-order valence-electron chi connectivity index (χ3n) is 3.22. The Hall–Kier alpha value is -1.51. The molecule has 2 rings (SSSR count). The fraction of sp³-hybridized carbons (Fsp3) is 0.417. The molecular formula is C12H16N2O. The molecule has 0 atom stereocenters. The Balaban J connectivity index is 2.62. The Bertz CT molecular complexity index is 424. The molecule has 0 aliphatic carbocycles. The molecule has 1 aliphatic heterocycles. The zero-order valence-electron chi connectivity index (χ0n) is 9.59. The summed E-state index contributed by atoms with van der Waals surface area (Å²) in [5, 5.41) is 2.94. The van der Waals surface area contributed by atoms with E-state index in [-0.39, 0.29) is 5.91 Å². The van der Waals surface area contributed by atoms with Crippen molar-refractivity contribution in [1.29, 1.82) is 0 Å².